The number of ether oxygens (including phenoxy) is 2. The quantitative estimate of drug-likeness (QED) is 0.319. The van der Waals surface area contributed by atoms with E-state index in [1.165, 1.54) is 30.9 Å². The molecule has 2 aromatic carbocycles. The minimum absolute atomic E-state index is 0.251. The molecule has 2 N–H and O–H groups in total. The minimum atomic E-state index is -0.940. The number of hydrogen-bond acceptors (Lipinski definition) is 7. The number of rotatable bonds is 10. The number of hydrogen-bond donors (Lipinski definition) is 1. The molecule has 1 aromatic heterocycles. The molecule has 1 amide bonds. The Morgan fingerprint density at radius 1 is 1.08 bits per heavy atom. The summed E-state index contributed by atoms with van der Waals surface area (Å²) in [5.74, 6) is -0.609. The maximum absolute atomic E-state index is 13.9. The van der Waals surface area contributed by atoms with E-state index >= 15 is 0 Å². The number of piperidine rings is 1. The third-order valence-electron chi connectivity index (χ3n) is 6.95. The highest BCUT2D eigenvalue weighted by atomic mass is 16.5. The molecule has 0 saturated carbocycles. The van der Waals surface area contributed by atoms with Gasteiger partial charge in [-0.05, 0) is 68.6 Å². The van der Waals surface area contributed by atoms with Gasteiger partial charge in [0.1, 0.15) is 17.6 Å². The van der Waals surface area contributed by atoms with Gasteiger partial charge in [0.15, 0.2) is 0 Å². The Morgan fingerprint density at radius 3 is 2.53 bits per heavy atom. The van der Waals surface area contributed by atoms with Gasteiger partial charge in [-0.15, -0.1) is 0 Å². The molecule has 38 heavy (non-hydrogen) atoms. The molecule has 2 heterocycles. The summed E-state index contributed by atoms with van der Waals surface area (Å²) in [6, 6.07) is 10.9. The topological polar surface area (TPSA) is 117 Å². The van der Waals surface area contributed by atoms with Crippen LogP contribution >= 0.6 is 0 Å². The van der Waals surface area contributed by atoms with E-state index in [-0.39, 0.29) is 11.7 Å². The summed E-state index contributed by atoms with van der Waals surface area (Å²) in [6.45, 7) is 7.46. The number of esters is 1. The van der Waals surface area contributed by atoms with Crippen LogP contribution in [-0.4, -0.2) is 59.7 Å². The number of primary amides is 1. The molecule has 1 saturated heterocycles. The summed E-state index contributed by atoms with van der Waals surface area (Å²) < 4.78 is 12.2. The van der Waals surface area contributed by atoms with Gasteiger partial charge in [0.05, 0.1) is 30.2 Å². The Morgan fingerprint density at radius 2 is 1.84 bits per heavy atom. The van der Waals surface area contributed by atoms with E-state index < -0.39 is 23.5 Å². The van der Waals surface area contributed by atoms with Crippen molar-refractivity contribution in [3.05, 3.63) is 58.4 Å². The highest BCUT2D eigenvalue weighted by Gasteiger charge is 2.28. The molecule has 1 aliphatic rings. The van der Waals surface area contributed by atoms with Gasteiger partial charge < -0.3 is 20.1 Å². The summed E-state index contributed by atoms with van der Waals surface area (Å²) in [4.78, 5) is 45.8. The molecule has 1 atom stereocenters. The molecule has 0 aliphatic carbocycles. The molecule has 202 valence electrons. The fourth-order valence-electron chi connectivity index (χ4n) is 5.05. The molecule has 0 spiro atoms. The van der Waals surface area contributed by atoms with Gasteiger partial charge >= 0.3 is 5.97 Å². The Bertz CT molecular complexity index is 1360. The van der Waals surface area contributed by atoms with Crippen LogP contribution < -0.4 is 16.0 Å². The number of aromatic nitrogens is 2. The zero-order chi connectivity index (χ0) is 27.2. The first-order valence-corrected chi connectivity index (χ1v) is 13.2. The average Bonchev–Trinajstić information content (AvgIpc) is 2.92. The minimum Gasteiger partial charge on any atom is -0.494 e. The number of fused-ring (bicyclic) bond motifs is 1. The highest BCUT2D eigenvalue weighted by molar-refractivity contribution is 5.91. The number of nitrogens with zero attached hydrogens (tertiary/aromatic N) is 3. The number of benzene rings is 2. The molecular weight excluding hydrogens is 484 g/mol. The van der Waals surface area contributed by atoms with Crippen molar-refractivity contribution in [2.24, 2.45) is 11.7 Å². The summed E-state index contributed by atoms with van der Waals surface area (Å²) in [6.07, 6.45) is 4.71. The van der Waals surface area contributed by atoms with E-state index in [0.717, 1.165) is 26.1 Å². The van der Waals surface area contributed by atoms with Crippen LogP contribution in [0.3, 0.4) is 0 Å². The number of carbonyl (C=O) groups is 2. The Hall–Kier alpha value is -3.72. The van der Waals surface area contributed by atoms with Crippen LogP contribution in [0.5, 0.6) is 5.75 Å². The largest absolute Gasteiger partial charge is 0.494 e. The smallest absolute Gasteiger partial charge is 0.337 e. The summed E-state index contributed by atoms with van der Waals surface area (Å²) >= 11 is 0. The van der Waals surface area contributed by atoms with Crippen molar-refractivity contribution in [3.63, 3.8) is 0 Å². The second kappa shape index (κ2) is 12.2. The third-order valence-corrected chi connectivity index (χ3v) is 6.95. The van der Waals surface area contributed by atoms with E-state index in [2.05, 4.69) is 4.90 Å². The summed E-state index contributed by atoms with van der Waals surface area (Å²) in [5.41, 5.74) is 6.63. The molecule has 1 fully saturated rings. The monoisotopic (exact) mass is 520 g/mol. The van der Waals surface area contributed by atoms with Crippen LogP contribution in [0.15, 0.2) is 47.3 Å². The first-order chi connectivity index (χ1) is 18.3. The van der Waals surface area contributed by atoms with Crippen LogP contribution in [-0.2, 0) is 9.53 Å². The van der Waals surface area contributed by atoms with Gasteiger partial charge in [-0.3, -0.25) is 14.2 Å². The molecule has 1 aliphatic heterocycles. The maximum atomic E-state index is 13.9. The van der Waals surface area contributed by atoms with Crippen molar-refractivity contribution in [3.8, 4) is 17.1 Å². The van der Waals surface area contributed by atoms with Crippen molar-refractivity contribution in [1.29, 1.82) is 0 Å². The lowest BCUT2D eigenvalue weighted by molar-refractivity contribution is -0.122. The van der Waals surface area contributed by atoms with Crippen LogP contribution in [0.1, 0.15) is 55.9 Å². The normalized spacial score (nSPS) is 14.9. The lowest BCUT2D eigenvalue weighted by Gasteiger charge is -2.26. The number of nitrogens with two attached hydrogens (primary N) is 1. The Kier molecular flexibility index (Phi) is 8.78. The predicted octanol–water partition coefficient (Wildman–Crippen LogP) is 3.79. The van der Waals surface area contributed by atoms with Crippen molar-refractivity contribution in [1.82, 2.24) is 14.5 Å². The number of likely N-dealkylation sites (tertiary alicyclic amines) is 1. The summed E-state index contributed by atoms with van der Waals surface area (Å²) in [7, 11) is 1.30. The SMILES string of the molecule is COC(=O)c1cccc(-c2nc3ccc(OCCCN4CCCCC4)cc3c(=O)n2C(C(N)=O)C(C)C)c1. The number of methoxy groups -OCH3 is 1. The van der Waals surface area contributed by atoms with Crippen LogP contribution in [0.4, 0.5) is 0 Å². The lowest BCUT2D eigenvalue weighted by atomic mass is 10.0. The molecule has 9 heteroatoms. The zero-order valence-electron chi connectivity index (χ0n) is 22.3. The van der Waals surface area contributed by atoms with Crippen molar-refractivity contribution < 1.29 is 19.1 Å². The fraction of sp³-hybridized carbons (Fsp3) is 0.448. The van der Waals surface area contributed by atoms with Crippen molar-refractivity contribution >= 4 is 22.8 Å². The standard InChI is InChI=1S/C29H36N4O5/c1-19(2)25(26(30)34)33-27(20-9-7-10-21(17-20)29(36)37-3)31-24-12-11-22(18-23(24)28(33)35)38-16-8-15-32-13-5-4-6-14-32/h7,9-12,17-19,25H,4-6,8,13-16H2,1-3H3,(H2,30,34). The summed E-state index contributed by atoms with van der Waals surface area (Å²) in [5, 5.41) is 0.332. The molecule has 9 nitrogen and oxygen atoms in total. The Labute approximate surface area is 222 Å². The van der Waals surface area contributed by atoms with Gasteiger partial charge in [0.2, 0.25) is 5.91 Å². The Balaban J connectivity index is 1.71. The highest BCUT2D eigenvalue weighted by Crippen LogP contribution is 2.28. The van der Waals surface area contributed by atoms with E-state index in [9.17, 15) is 14.4 Å². The zero-order valence-corrected chi connectivity index (χ0v) is 22.3. The van der Waals surface area contributed by atoms with Gasteiger partial charge in [0.25, 0.3) is 5.56 Å². The van der Waals surface area contributed by atoms with E-state index in [4.69, 9.17) is 20.2 Å². The van der Waals surface area contributed by atoms with Crippen LogP contribution in [0.25, 0.3) is 22.3 Å². The van der Waals surface area contributed by atoms with Crippen molar-refractivity contribution in [2.45, 2.75) is 45.6 Å². The van der Waals surface area contributed by atoms with Gasteiger partial charge in [-0.2, -0.15) is 0 Å². The van der Waals surface area contributed by atoms with E-state index in [1.54, 1.807) is 42.5 Å². The fourth-order valence-corrected chi connectivity index (χ4v) is 5.05. The molecular formula is C29H36N4O5. The van der Waals surface area contributed by atoms with Crippen LogP contribution in [0, 0.1) is 5.92 Å². The van der Waals surface area contributed by atoms with E-state index in [0.29, 0.717) is 34.4 Å². The van der Waals surface area contributed by atoms with E-state index in [1.807, 2.05) is 13.8 Å². The van der Waals surface area contributed by atoms with Crippen molar-refractivity contribution in [2.75, 3.05) is 33.4 Å². The van der Waals surface area contributed by atoms with Crippen LogP contribution in [0.2, 0.25) is 0 Å². The van der Waals surface area contributed by atoms with Gasteiger partial charge in [0, 0.05) is 12.1 Å². The van der Waals surface area contributed by atoms with Gasteiger partial charge in [-0.25, -0.2) is 9.78 Å². The predicted molar refractivity (Wildman–Crippen MR) is 146 cm³/mol. The second-order valence-electron chi connectivity index (χ2n) is 10.1. The van der Waals surface area contributed by atoms with Gasteiger partial charge in [-0.1, -0.05) is 32.4 Å². The first-order valence-electron chi connectivity index (χ1n) is 13.2. The number of carbonyl (C=O) groups excluding carboxylic acids is 2. The maximum Gasteiger partial charge on any atom is 0.337 e. The molecule has 0 radical (unpaired) electrons. The third kappa shape index (κ3) is 6.05. The molecule has 0 bridgehead atoms. The number of amides is 1. The first kappa shape index (κ1) is 27.3. The average molecular weight is 521 g/mol. The molecule has 3 aromatic rings. The molecule has 1 unspecified atom stereocenters. The molecule has 4 rings (SSSR count). The second-order valence-corrected chi connectivity index (χ2v) is 10.1. The lowest BCUT2D eigenvalue weighted by Crippen LogP contribution is -2.38.